The zero-order valence-corrected chi connectivity index (χ0v) is 5.70. The summed E-state index contributed by atoms with van der Waals surface area (Å²) in [5.74, 6) is 0. The summed E-state index contributed by atoms with van der Waals surface area (Å²) in [5.41, 5.74) is 15.6. The molecule has 4 nitrogen and oxygen atoms in total. The van der Waals surface area contributed by atoms with Gasteiger partial charge >= 0.3 is 0 Å². The third-order valence-corrected chi connectivity index (χ3v) is 1.34. The van der Waals surface area contributed by atoms with Crippen LogP contribution in [-0.2, 0) is 0 Å². The quantitative estimate of drug-likeness (QED) is 0.534. The Morgan fingerprint density at radius 3 is 2.90 bits per heavy atom. The standard InChI is InChI=1S/C6H11N4/c7-3-1-5(8)6-2-4-9-10-6/h2,4-5H,1,3,7-8H2. The van der Waals surface area contributed by atoms with Crippen LogP contribution in [0.25, 0.3) is 0 Å². The third kappa shape index (κ3) is 1.55. The van der Waals surface area contributed by atoms with E-state index in [4.69, 9.17) is 11.5 Å². The van der Waals surface area contributed by atoms with E-state index < -0.39 is 0 Å². The van der Waals surface area contributed by atoms with Crippen molar-refractivity contribution in [2.45, 2.75) is 12.5 Å². The molecule has 1 aliphatic rings. The van der Waals surface area contributed by atoms with Crippen LogP contribution in [0.5, 0.6) is 0 Å². The van der Waals surface area contributed by atoms with Crippen molar-refractivity contribution in [3.63, 3.8) is 0 Å². The Morgan fingerprint density at radius 2 is 2.40 bits per heavy atom. The fourth-order valence-corrected chi connectivity index (χ4v) is 0.768. The Morgan fingerprint density at radius 1 is 1.60 bits per heavy atom. The van der Waals surface area contributed by atoms with E-state index >= 15 is 0 Å². The first-order valence-corrected chi connectivity index (χ1v) is 3.24. The maximum atomic E-state index is 5.67. The predicted octanol–water partition coefficient (Wildman–Crippen LogP) is -0.850. The van der Waals surface area contributed by atoms with Crippen molar-refractivity contribution in [3.05, 3.63) is 11.8 Å². The smallest absolute Gasteiger partial charge is 0.0814 e. The summed E-state index contributed by atoms with van der Waals surface area (Å²) in [5, 5.41) is 3.65. The van der Waals surface area contributed by atoms with Crippen molar-refractivity contribution >= 4 is 6.21 Å². The Balaban J connectivity index is 2.35. The molecule has 0 aromatic heterocycles. The van der Waals surface area contributed by atoms with E-state index in [1.165, 1.54) is 0 Å². The highest BCUT2D eigenvalue weighted by molar-refractivity contribution is 5.74. The fraction of sp³-hybridized carbons (Fsp3) is 0.500. The van der Waals surface area contributed by atoms with E-state index in [1.54, 1.807) is 12.3 Å². The SMILES string of the molecule is NCCC(N)C1=CC=N[N]1. The minimum atomic E-state index is -0.0486. The highest BCUT2D eigenvalue weighted by atomic mass is 15.3. The predicted molar refractivity (Wildman–Crippen MR) is 40.4 cm³/mol. The molecule has 4 heteroatoms. The monoisotopic (exact) mass is 139 g/mol. The molecular weight excluding hydrogens is 128 g/mol. The van der Waals surface area contributed by atoms with Crippen LogP contribution in [0, 0.1) is 0 Å². The van der Waals surface area contributed by atoms with Gasteiger partial charge in [-0.1, -0.05) is 0 Å². The first kappa shape index (κ1) is 7.24. The number of hydrogen-bond donors (Lipinski definition) is 2. The van der Waals surface area contributed by atoms with Crippen molar-refractivity contribution < 1.29 is 0 Å². The maximum absolute atomic E-state index is 5.67. The van der Waals surface area contributed by atoms with Crippen LogP contribution < -0.4 is 16.9 Å². The third-order valence-electron chi connectivity index (χ3n) is 1.34. The lowest BCUT2D eigenvalue weighted by Crippen LogP contribution is -2.28. The Labute approximate surface area is 60.0 Å². The van der Waals surface area contributed by atoms with Gasteiger partial charge in [0.05, 0.1) is 18.0 Å². The molecule has 1 radical (unpaired) electrons. The summed E-state index contributed by atoms with van der Waals surface area (Å²) in [4.78, 5) is 0. The minimum Gasteiger partial charge on any atom is -0.330 e. The van der Waals surface area contributed by atoms with Crippen LogP contribution in [0.2, 0.25) is 0 Å². The molecule has 55 valence electrons. The van der Waals surface area contributed by atoms with Crippen LogP contribution >= 0.6 is 0 Å². The van der Waals surface area contributed by atoms with Crippen molar-refractivity contribution in [1.82, 2.24) is 5.43 Å². The van der Waals surface area contributed by atoms with Gasteiger partial charge in [0.25, 0.3) is 0 Å². The van der Waals surface area contributed by atoms with Gasteiger partial charge in [-0.05, 0) is 19.0 Å². The molecule has 0 spiro atoms. The lowest BCUT2D eigenvalue weighted by Gasteiger charge is -2.08. The second kappa shape index (κ2) is 3.34. The van der Waals surface area contributed by atoms with Crippen LogP contribution in [0.1, 0.15) is 6.42 Å². The molecule has 1 atom stereocenters. The van der Waals surface area contributed by atoms with Crippen LogP contribution in [-0.4, -0.2) is 18.8 Å². The number of nitrogens with two attached hydrogens (primary N) is 2. The molecule has 0 aromatic rings. The summed E-state index contributed by atoms with van der Waals surface area (Å²) in [6.07, 6.45) is 4.20. The van der Waals surface area contributed by atoms with Gasteiger partial charge in [-0.15, -0.1) is 0 Å². The van der Waals surface area contributed by atoms with E-state index in [1.807, 2.05) is 0 Å². The topological polar surface area (TPSA) is 78.5 Å². The van der Waals surface area contributed by atoms with Crippen LogP contribution in [0.4, 0.5) is 0 Å². The molecular formula is C6H11N4. The molecule has 1 aliphatic heterocycles. The van der Waals surface area contributed by atoms with Gasteiger partial charge < -0.3 is 11.5 Å². The van der Waals surface area contributed by atoms with Gasteiger partial charge in [0.1, 0.15) is 0 Å². The number of nitrogens with zero attached hydrogens (tertiary/aromatic N) is 2. The molecule has 0 bridgehead atoms. The molecule has 0 saturated carbocycles. The lowest BCUT2D eigenvalue weighted by atomic mass is 10.1. The Kier molecular flexibility index (Phi) is 2.42. The highest BCUT2D eigenvalue weighted by Gasteiger charge is 2.10. The Hall–Kier alpha value is -0.870. The zero-order valence-electron chi connectivity index (χ0n) is 5.70. The van der Waals surface area contributed by atoms with Gasteiger partial charge in [-0.3, -0.25) is 0 Å². The second-order valence-electron chi connectivity index (χ2n) is 2.14. The van der Waals surface area contributed by atoms with Crippen LogP contribution in [0.3, 0.4) is 0 Å². The summed E-state index contributed by atoms with van der Waals surface area (Å²) < 4.78 is 0. The van der Waals surface area contributed by atoms with E-state index in [0.717, 1.165) is 12.1 Å². The molecule has 0 fully saturated rings. The normalized spacial score (nSPS) is 18.4. The molecule has 0 saturated heterocycles. The highest BCUT2D eigenvalue weighted by Crippen LogP contribution is 2.03. The van der Waals surface area contributed by atoms with Gasteiger partial charge in [0.2, 0.25) is 0 Å². The van der Waals surface area contributed by atoms with E-state index in [9.17, 15) is 0 Å². The summed E-state index contributed by atoms with van der Waals surface area (Å²) >= 11 is 0. The largest absolute Gasteiger partial charge is 0.330 e. The molecule has 4 N–H and O–H groups in total. The second-order valence-corrected chi connectivity index (χ2v) is 2.14. The lowest BCUT2D eigenvalue weighted by molar-refractivity contribution is 0.647. The van der Waals surface area contributed by atoms with Gasteiger partial charge in [0, 0.05) is 0 Å². The first-order valence-electron chi connectivity index (χ1n) is 3.24. The molecule has 0 aliphatic carbocycles. The van der Waals surface area contributed by atoms with Crippen molar-refractivity contribution in [2.75, 3.05) is 6.54 Å². The van der Waals surface area contributed by atoms with E-state index in [-0.39, 0.29) is 6.04 Å². The van der Waals surface area contributed by atoms with Crippen molar-refractivity contribution in [2.24, 2.45) is 16.6 Å². The molecule has 0 amide bonds. The first-order chi connectivity index (χ1) is 4.84. The fourth-order valence-electron chi connectivity index (χ4n) is 0.768. The minimum absolute atomic E-state index is 0.0486. The summed E-state index contributed by atoms with van der Waals surface area (Å²) in [6.45, 7) is 0.591. The van der Waals surface area contributed by atoms with Gasteiger partial charge in [0.15, 0.2) is 0 Å². The molecule has 1 rings (SSSR count). The molecule has 10 heavy (non-hydrogen) atoms. The summed E-state index contributed by atoms with van der Waals surface area (Å²) in [7, 11) is 0. The van der Waals surface area contributed by atoms with Gasteiger partial charge in [-0.25, -0.2) is 0 Å². The Bertz CT molecular complexity index is 161. The molecule has 0 aromatic carbocycles. The van der Waals surface area contributed by atoms with E-state index in [0.29, 0.717) is 6.54 Å². The zero-order chi connectivity index (χ0) is 7.40. The maximum Gasteiger partial charge on any atom is 0.0814 e. The van der Waals surface area contributed by atoms with Crippen molar-refractivity contribution in [3.8, 4) is 0 Å². The number of rotatable bonds is 3. The number of allylic oxidation sites excluding steroid dienone is 1. The average molecular weight is 139 g/mol. The number of hydrogen-bond acceptors (Lipinski definition) is 3. The van der Waals surface area contributed by atoms with Crippen molar-refractivity contribution in [1.29, 1.82) is 0 Å². The molecule has 1 heterocycles. The molecule has 1 unspecified atom stereocenters. The van der Waals surface area contributed by atoms with Gasteiger partial charge in [-0.2, -0.15) is 10.5 Å². The van der Waals surface area contributed by atoms with Crippen LogP contribution in [0.15, 0.2) is 16.9 Å². The average Bonchev–Trinajstić information content (AvgIpc) is 2.38. The van der Waals surface area contributed by atoms with E-state index in [2.05, 4.69) is 10.5 Å². The summed E-state index contributed by atoms with van der Waals surface area (Å²) in [6, 6.07) is -0.0486.